The molecule has 0 unspecified atom stereocenters. The zero-order valence-corrected chi connectivity index (χ0v) is 10.3. The number of anilines is 2. The predicted molar refractivity (Wildman–Crippen MR) is 72.0 cm³/mol. The average molecular weight is 262 g/mol. The van der Waals surface area contributed by atoms with Crippen molar-refractivity contribution in [1.82, 2.24) is 4.98 Å². The van der Waals surface area contributed by atoms with Gasteiger partial charge in [-0.15, -0.1) is 11.6 Å². The lowest BCUT2D eigenvalue weighted by molar-refractivity contribution is 0.100. The molecule has 1 heterocycles. The van der Waals surface area contributed by atoms with Crippen LogP contribution >= 0.6 is 11.6 Å². The monoisotopic (exact) mass is 261 g/mol. The van der Waals surface area contributed by atoms with Crippen LogP contribution in [0.2, 0.25) is 0 Å². The van der Waals surface area contributed by atoms with Gasteiger partial charge < -0.3 is 11.1 Å². The first-order valence-electron chi connectivity index (χ1n) is 5.38. The van der Waals surface area contributed by atoms with Gasteiger partial charge in [0, 0.05) is 5.69 Å². The highest BCUT2D eigenvalue weighted by Gasteiger charge is 2.10. The fraction of sp³-hybridized carbons (Fsp3) is 0.0769. The maximum absolute atomic E-state index is 11.3. The van der Waals surface area contributed by atoms with E-state index < -0.39 is 5.91 Å². The van der Waals surface area contributed by atoms with Crippen LogP contribution in [0.5, 0.6) is 0 Å². The van der Waals surface area contributed by atoms with Crippen molar-refractivity contribution in [1.29, 1.82) is 0 Å². The molecule has 2 aromatic rings. The second kappa shape index (κ2) is 5.51. The zero-order chi connectivity index (χ0) is 13.0. The number of pyridine rings is 1. The largest absolute Gasteiger partial charge is 0.365 e. The fourth-order valence-corrected chi connectivity index (χ4v) is 1.68. The number of amides is 1. The van der Waals surface area contributed by atoms with Gasteiger partial charge in [-0.25, -0.2) is 4.98 Å². The average Bonchev–Trinajstić information content (AvgIpc) is 2.39. The van der Waals surface area contributed by atoms with Crippen molar-refractivity contribution in [3.05, 3.63) is 53.7 Å². The Kier molecular flexibility index (Phi) is 3.79. The summed E-state index contributed by atoms with van der Waals surface area (Å²) in [5.74, 6) is 0.177. The summed E-state index contributed by atoms with van der Waals surface area (Å²) in [5.41, 5.74) is 7.16. The molecule has 2 rings (SSSR count). The summed E-state index contributed by atoms with van der Waals surface area (Å²) in [6.07, 6.45) is 0. The van der Waals surface area contributed by atoms with E-state index in [1.54, 1.807) is 12.1 Å². The quantitative estimate of drug-likeness (QED) is 0.832. The Labute approximate surface area is 110 Å². The Morgan fingerprint density at radius 3 is 2.56 bits per heavy atom. The number of nitrogens with two attached hydrogens (primary N) is 1. The predicted octanol–water partition coefficient (Wildman–Crippen LogP) is 2.66. The molecule has 0 aliphatic rings. The first kappa shape index (κ1) is 12.4. The van der Waals surface area contributed by atoms with Crippen LogP contribution in [0, 0.1) is 0 Å². The van der Waals surface area contributed by atoms with E-state index in [9.17, 15) is 4.79 Å². The molecule has 0 spiro atoms. The third-order valence-electron chi connectivity index (χ3n) is 2.39. The van der Waals surface area contributed by atoms with E-state index in [2.05, 4.69) is 10.3 Å². The smallest absolute Gasteiger partial charge is 0.252 e. The van der Waals surface area contributed by atoms with Crippen LogP contribution < -0.4 is 11.1 Å². The number of carbonyl (C=O) groups excluding carboxylic acids is 1. The molecule has 92 valence electrons. The van der Waals surface area contributed by atoms with Gasteiger partial charge in [0.05, 0.1) is 17.1 Å². The van der Waals surface area contributed by atoms with Gasteiger partial charge in [-0.05, 0) is 24.3 Å². The number of rotatable bonds is 4. The van der Waals surface area contributed by atoms with Gasteiger partial charge in [-0.2, -0.15) is 0 Å². The number of nitrogens with one attached hydrogen (secondary N) is 1. The number of hydrogen-bond acceptors (Lipinski definition) is 3. The molecule has 0 fully saturated rings. The van der Waals surface area contributed by atoms with Gasteiger partial charge in [-0.1, -0.05) is 18.2 Å². The van der Waals surface area contributed by atoms with Crippen LogP contribution in [-0.2, 0) is 5.88 Å². The molecule has 1 aromatic carbocycles. The lowest BCUT2D eigenvalue weighted by Gasteiger charge is -2.10. The first-order valence-corrected chi connectivity index (χ1v) is 5.92. The SMILES string of the molecule is NC(=O)c1ccc(CCl)nc1Nc1ccccc1. The van der Waals surface area contributed by atoms with Gasteiger partial charge in [-0.3, -0.25) is 4.79 Å². The Balaban J connectivity index is 2.38. The van der Waals surface area contributed by atoms with Crippen LogP contribution in [0.25, 0.3) is 0 Å². The molecular formula is C13H12ClN3O. The molecule has 18 heavy (non-hydrogen) atoms. The minimum atomic E-state index is -0.526. The van der Waals surface area contributed by atoms with Crippen LogP contribution in [-0.4, -0.2) is 10.9 Å². The van der Waals surface area contributed by atoms with Crippen molar-refractivity contribution in [2.24, 2.45) is 5.73 Å². The van der Waals surface area contributed by atoms with Gasteiger partial charge in [0.1, 0.15) is 5.82 Å². The van der Waals surface area contributed by atoms with Crippen molar-refractivity contribution in [2.45, 2.75) is 5.88 Å². The number of primary amides is 1. The molecule has 1 aromatic heterocycles. The second-order valence-corrected chi connectivity index (χ2v) is 3.95. The van der Waals surface area contributed by atoms with Gasteiger partial charge in [0.25, 0.3) is 5.91 Å². The summed E-state index contributed by atoms with van der Waals surface area (Å²) in [6.45, 7) is 0. The molecular weight excluding hydrogens is 250 g/mol. The van der Waals surface area contributed by atoms with Crippen molar-refractivity contribution in [3.63, 3.8) is 0 Å². The van der Waals surface area contributed by atoms with E-state index in [0.717, 1.165) is 5.69 Å². The summed E-state index contributed by atoms with van der Waals surface area (Å²) in [7, 11) is 0. The van der Waals surface area contributed by atoms with E-state index >= 15 is 0 Å². The number of para-hydroxylation sites is 1. The number of carbonyl (C=O) groups is 1. The number of benzene rings is 1. The molecule has 0 bridgehead atoms. The number of aromatic nitrogens is 1. The standard InChI is InChI=1S/C13H12ClN3O/c14-8-10-6-7-11(12(15)18)13(17-10)16-9-4-2-1-3-5-9/h1-7H,8H2,(H2,15,18)(H,16,17). The van der Waals surface area contributed by atoms with Crippen LogP contribution in [0.3, 0.4) is 0 Å². The minimum Gasteiger partial charge on any atom is -0.365 e. The lowest BCUT2D eigenvalue weighted by atomic mass is 10.2. The Hall–Kier alpha value is -2.07. The van der Waals surface area contributed by atoms with E-state index in [-0.39, 0.29) is 5.88 Å². The topological polar surface area (TPSA) is 68.0 Å². The van der Waals surface area contributed by atoms with E-state index in [4.69, 9.17) is 17.3 Å². The molecule has 1 amide bonds. The highest BCUT2D eigenvalue weighted by molar-refractivity contribution is 6.17. The van der Waals surface area contributed by atoms with E-state index in [1.807, 2.05) is 30.3 Å². The number of hydrogen-bond donors (Lipinski definition) is 2. The highest BCUT2D eigenvalue weighted by atomic mass is 35.5. The molecule has 0 atom stereocenters. The second-order valence-electron chi connectivity index (χ2n) is 3.69. The van der Waals surface area contributed by atoms with Crippen molar-refractivity contribution < 1.29 is 4.79 Å². The number of halogens is 1. The van der Waals surface area contributed by atoms with Gasteiger partial charge in [0.2, 0.25) is 0 Å². The normalized spacial score (nSPS) is 10.1. The van der Waals surface area contributed by atoms with Crippen molar-refractivity contribution in [3.8, 4) is 0 Å². The molecule has 3 N–H and O–H groups in total. The minimum absolute atomic E-state index is 0.280. The third kappa shape index (κ3) is 2.78. The van der Waals surface area contributed by atoms with Crippen LogP contribution in [0.4, 0.5) is 11.5 Å². The Morgan fingerprint density at radius 1 is 1.22 bits per heavy atom. The molecule has 0 aliphatic carbocycles. The van der Waals surface area contributed by atoms with Crippen molar-refractivity contribution in [2.75, 3.05) is 5.32 Å². The summed E-state index contributed by atoms with van der Waals surface area (Å²) in [6, 6.07) is 12.7. The molecule has 0 saturated carbocycles. The van der Waals surface area contributed by atoms with Crippen molar-refractivity contribution >= 4 is 29.0 Å². The number of nitrogens with zero attached hydrogens (tertiary/aromatic N) is 1. The maximum atomic E-state index is 11.3. The Bertz CT molecular complexity index is 557. The van der Waals surface area contributed by atoms with E-state index in [0.29, 0.717) is 17.1 Å². The summed E-state index contributed by atoms with van der Waals surface area (Å²) < 4.78 is 0. The highest BCUT2D eigenvalue weighted by Crippen LogP contribution is 2.19. The van der Waals surface area contributed by atoms with Gasteiger partial charge in [0.15, 0.2) is 0 Å². The Morgan fingerprint density at radius 2 is 1.94 bits per heavy atom. The maximum Gasteiger partial charge on any atom is 0.252 e. The van der Waals surface area contributed by atoms with Crippen LogP contribution in [0.1, 0.15) is 16.1 Å². The lowest BCUT2D eigenvalue weighted by Crippen LogP contribution is -2.14. The fourth-order valence-electron chi connectivity index (χ4n) is 1.53. The van der Waals surface area contributed by atoms with Gasteiger partial charge >= 0.3 is 0 Å². The van der Waals surface area contributed by atoms with Crippen LogP contribution in [0.15, 0.2) is 42.5 Å². The zero-order valence-electron chi connectivity index (χ0n) is 9.56. The summed E-state index contributed by atoms with van der Waals surface area (Å²) in [5, 5.41) is 3.06. The molecule has 4 nitrogen and oxygen atoms in total. The molecule has 0 saturated heterocycles. The first-order chi connectivity index (χ1) is 8.70. The summed E-state index contributed by atoms with van der Waals surface area (Å²) >= 11 is 5.73. The molecule has 5 heteroatoms. The number of alkyl halides is 1. The molecule has 0 aliphatic heterocycles. The van der Waals surface area contributed by atoms with E-state index in [1.165, 1.54) is 0 Å². The summed E-state index contributed by atoms with van der Waals surface area (Å²) in [4.78, 5) is 15.6. The third-order valence-corrected chi connectivity index (χ3v) is 2.67. The molecule has 0 radical (unpaired) electrons.